The lowest BCUT2D eigenvalue weighted by Gasteiger charge is -2.18. The van der Waals surface area contributed by atoms with E-state index in [1.54, 1.807) is 13.2 Å². The summed E-state index contributed by atoms with van der Waals surface area (Å²) in [5.74, 6) is 2.67. The third kappa shape index (κ3) is 3.03. The minimum absolute atomic E-state index is 0.143. The van der Waals surface area contributed by atoms with Gasteiger partial charge in [-0.2, -0.15) is 0 Å². The first-order chi connectivity index (χ1) is 12.6. The van der Waals surface area contributed by atoms with Crippen LogP contribution in [0, 0.1) is 6.92 Å². The van der Waals surface area contributed by atoms with E-state index in [1.165, 1.54) is 0 Å². The summed E-state index contributed by atoms with van der Waals surface area (Å²) in [5, 5.41) is 2.89. The zero-order valence-corrected chi connectivity index (χ0v) is 14.6. The van der Waals surface area contributed by atoms with Gasteiger partial charge in [-0.25, -0.2) is 4.98 Å². The lowest BCUT2D eigenvalue weighted by Crippen LogP contribution is -2.19. The zero-order chi connectivity index (χ0) is 18.1. The van der Waals surface area contributed by atoms with Gasteiger partial charge in [0, 0.05) is 23.9 Å². The standard InChI is InChI=1S/C19H19N3O4/c1-12-20-15-9-17-18(26-7-6-25-17)10-16(15)22(12)11-19(23)21-13-4-3-5-14(8-13)24-2/h3-5,8-10H,6-7,11H2,1-2H3,(H,21,23). The fourth-order valence-electron chi connectivity index (χ4n) is 3.03. The molecule has 26 heavy (non-hydrogen) atoms. The lowest BCUT2D eigenvalue weighted by molar-refractivity contribution is -0.116. The Kier molecular flexibility index (Phi) is 4.12. The summed E-state index contributed by atoms with van der Waals surface area (Å²) in [6, 6.07) is 11.0. The van der Waals surface area contributed by atoms with Crippen molar-refractivity contribution in [3.8, 4) is 17.2 Å². The average molecular weight is 353 g/mol. The van der Waals surface area contributed by atoms with Crippen LogP contribution >= 0.6 is 0 Å². The number of hydrogen-bond acceptors (Lipinski definition) is 5. The van der Waals surface area contributed by atoms with Gasteiger partial charge in [0.2, 0.25) is 5.91 Å². The highest BCUT2D eigenvalue weighted by molar-refractivity contribution is 5.92. The summed E-state index contributed by atoms with van der Waals surface area (Å²) in [7, 11) is 1.59. The lowest BCUT2D eigenvalue weighted by atomic mass is 10.2. The van der Waals surface area contributed by atoms with Gasteiger partial charge in [-0.15, -0.1) is 0 Å². The largest absolute Gasteiger partial charge is 0.497 e. The minimum atomic E-state index is -0.143. The third-order valence-corrected chi connectivity index (χ3v) is 4.26. The van der Waals surface area contributed by atoms with Gasteiger partial charge in [0.15, 0.2) is 11.5 Å². The van der Waals surface area contributed by atoms with Crippen molar-refractivity contribution >= 4 is 22.6 Å². The van der Waals surface area contributed by atoms with Crippen molar-refractivity contribution in [1.29, 1.82) is 0 Å². The fourth-order valence-corrected chi connectivity index (χ4v) is 3.03. The van der Waals surface area contributed by atoms with E-state index in [-0.39, 0.29) is 12.5 Å². The highest BCUT2D eigenvalue weighted by Gasteiger charge is 2.18. The number of nitrogens with zero attached hydrogens (tertiary/aromatic N) is 2. The predicted octanol–water partition coefficient (Wildman–Crippen LogP) is 2.76. The van der Waals surface area contributed by atoms with E-state index < -0.39 is 0 Å². The molecule has 7 nitrogen and oxygen atoms in total. The van der Waals surface area contributed by atoms with Crippen LogP contribution in [-0.4, -0.2) is 35.8 Å². The molecule has 0 aliphatic carbocycles. The number of nitrogens with one attached hydrogen (secondary N) is 1. The zero-order valence-electron chi connectivity index (χ0n) is 14.6. The van der Waals surface area contributed by atoms with Crippen molar-refractivity contribution in [3.63, 3.8) is 0 Å². The number of amides is 1. The van der Waals surface area contributed by atoms with Crippen molar-refractivity contribution in [3.05, 3.63) is 42.2 Å². The number of aryl methyl sites for hydroxylation is 1. The Morgan fingerprint density at radius 2 is 2.00 bits per heavy atom. The molecule has 2 heterocycles. The molecular weight excluding hydrogens is 334 g/mol. The van der Waals surface area contributed by atoms with E-state index in [0.29, 0.717) is 36.1 Å². The molecule has 1 aliphatic heterocycles. The molecule has 134 valence electrons. The molecule has 7 heteroatoms. The van der Waals surface area contributed by atoms with E-state index in [1.807, 2.05) is 41.8 Å². The SMILES string of the molecule is COc1cccc(NC(=O)Cn2c(C)nc3cc4c(cc32)OCCO4)c1. The molecule has 3 aromatic rings. The summed E-state index contributed by atoms with van der Waals surface area (Å²) in [5.41, 5.74) is 2.30. The Balaban J connectivity index is 1.59. The molecule has 0 radical (unpaired) electrons. The van der Waals surface area contributed by atoms with Crippen LogP contribution in [0.1, 0.15) is 5.82 Å². The highest BCUT2D eigenvalue weighted by atomic mass is 16.6. The Labute approximate surface area is 150 Å². The second kappa shape index (κ2) is 6.59. The summed E-state index contributed by atoms with van der Waals surface area (Å²) in [6.45, 7) is 3.07. The number of ether oxygens (including phenoxy) is 3. The molecule has 1 aromatic heterocycles. The molecular formula is C19H19N3O4. The van der Waals surface area contributed by atoms with Crippen molar-refractivity contribution < 1.29 is 19.0 Å². The monoisotopic (exact) mass is 353 g/mol. The van der Waals surface area contributed by atoms with Crippen LogP contribution in [0.5, 0.6) is 17.2 Å². The van der Waals surface area contributed by atoms with Crippen LogP contribution < -0.4 is 19.5 Å². The molecule has 0 fully saturated rings. The van der Waals surface area contributed by atoms with Crippen molar-refractivity contribution in [2.75, 3.05) is 25.6 Å². The van der Waals surface area contributed by atoms with E-state index in [2.05, 4.69) is 10.3 Å². The van der Waals surface area contributed by atoms with Crippen molar-refractivity contribution in [1.82, 2.24) is 9.55 Å². The second-order valence-corrected chi connectivity index (χ2v) is 6.01. The van der Waals surface area contributed by atoms with E-state index in [9.17, 15) is 4.79 Å². The summed E-state index contributed by atoms with van der Waals surface area (Å²) < 4.78 is 18.3. The molecule has 0 saturated heterocycles. The number of imidazole rings is 1. The smallest absolute Gasteiger partial charge is 0.244 e. The number of methoxy groups -OCH3 is 1. The second-order valence-electron chi connectivity index (χ2n) is 6.01. The number of carbonyl (C=O) groups is 1. The molecule has 2 aromatic carbocycles. The molecule has 4 rings (SSSR count). The predicted molar refractivity (Wildman–Crippen MR) is 97.1 cm³/mol. The van der Waals surface area contributed by atoms with Crippen LogP contribution in [0.2, 0.25) is 0 Å². The average Bonchev–Trinajstić information content (AvgIpc) is 2.94. The third-order valence-electron chi connectivity index (χ3n) is 4.26. The van der Waals surface area contributed by atoms with Gasteiger partial charge in [0.1, 0.15) is 31.3 Å². The van der Waals surface area contributed by atoms with E-state index >= 15 is 0 Å². The maximum atomic E-state index is 12.5. The molecule has 1 amide bonds. The first kappa shape index (κ1) is 16.3. The van der Waals surface area contributed by atoms with Gasteiger partial charge in [0.05, 0.1) is 18.1 Å². The Morgan fingerprint density at radius 1 is 1.23 bits per heavy atom. The van der Waals surface area contributed by atoms with Gasteiger partial charge in [-0.05, 0) is 19.1 Å². The topological polar surface area (TPSA) is 74.6 Å². The number of fused-ring (bicyclic) bond motifs is 2. The van der Waals surface area contributed by atoms with Crippen LogP contribution in [0.3, 0.4) is 0 Å². The van der Waals surface area contributed by atoms with Crippen LogP contribution in [-0.2, 0) is 11.3 Å². The van der Waals surface area contributed by atoms with Gasteiger partial charge >= 0.3 is 0 Å². The van der Waals surface area contributed by atoms with Crippen LogP contribution in [0.25, 0.3) is 11.0 Å². The molecule has 0 saturated carbocycles. The van der Waals surface area contributed by atoms with Crippen LogP contribution in [0.4, 0.5) is 5.69 Å². The van der Waals surface area contributed by atoms with Crippen LogP contribution in [0.15, 0.2) is 36.4 Å². The fraction of sp³-hybridized carbons (Fsp3) is 0.263. The first-order valence-corrected chi connectivity index (χ1v) is 8.34. The van der Waals surface area contributed by atoms with Gasteiger partial charge in [0.25, 0.3) is 0 Å². The molecule has 0 atom stereocenters. The normalized spacial score (nSPS) is 12.8. The Morgan fingerprint density at radius 3 is 2.77 bits per heavy atom. The first-order valence-electron chi connectivity index (χ1n) is 8.34. The number of anilines is 1. The van der Waals surface area contributed by atoms with Gasteiger partial charge < -0.3 is 24.1 Å². The van der Waals surface area contributed by atoms with Gasteiger partial charge in [-0.1, -0.05) is 6.07 Å². The molecule has 0 bridgehead atoms. The molecule has 1 N–H and O–H groups in total. The number of carbonyl (C=O) groups excluding carboxylic acids is 1. The molecule has 0 spiro atoms. The number of rotatable bonds is 4. The van der Waals surface area contributed by atoms with E-state index in [4.69, 9.17) is 14.2 Å². The number of aromatic nitrogens is 2. The quantitative estimate of drug-likeness (QED) is 0.781. The summed E-state index contributed by atoms with van der Waals surface area (Å²) in [6.07, 6.45) is 0. The highest BCUT2D eigenvalue weighted by Crippen LogP contribution is 2.34. The number of benzene rings is 2. The maximum Gasteiger partial charge on any atom is 0.244 e. The van der Waals surface area contributed by atoms with E-state index in [0.717, 1.165) is 16.9 Å². The molecule has 0 unspecified atom stereocenters. The molecule has 1 aliphatic rings. The Hall–Kier alpha value is -3.22. The summed E-state index contributed by atoms with van der Waals surface area (Å²) >= 11 is 0. The summed E-state index contributed by atoms with van der Waals surface area (Å²) in [4.78, 5) is 17.0. The Bertz CT molecular complexity index is 980. The maximum absolute atomic E-state index is 12.5. The van der Waals surface area contributed by atoms with Crippen molar-refractivity contribution in [2.45, 2.75) is 13.5 Å². The van der Waals surface area contributed by atoms with Gasteiger partial charge in [-0.3, -0.25) is 4.79 Å². The minimum Gasteiger partial charge on any atom is -0.497 e. The van der Waals surface area contributed by atoms with Crippen molar-refractivity contribution in [2.24, 2.45) is 0 Å². The number of hydrogen-bond donors (Lipinski definition) is 1.